The molecule has 3 aromatic carbocycles. The van der Waals surface area contributed by atoms with Gasteiger partial charge in [-0.05, 0) is 46.4 Å². The van der Waals surface area contributed by atoms with Crippen LogP contribution in [0.15, 0.2) is 54.6 Å². The van der Waals surface area contributed by atoms with E-state index >= 15 is 0 Å². The third-order valence-corrected chi connectivity index (χ3v) is 5.71. The van der Waals surface area contributed by atoms with E-state index < -0.39 is 11.9 Å². The minimum absolute atomic E-state index is 0.126. The predicted octanol–water partition coefficient (Wildman–Crippen LogP) is 4.16. The Kier molecular flexibility index (Phi) is 4.80. The van der Waals surface area contributed by atoms with Gasteiger partial charge in [0.15, 0.2) is 0 Å². The fourth-order valence-corrected chi connectivity index (χ4v) is 4.36. The molecule has 1 aliphatic rings. The van der Waals surface area contributed by atoms with Crippen LogP contribution in [-0.2, 0) is 4.79 Å². The van der Waals surface area contributed by atoms with Gasteiger partial charge in [0.05, 0.1) is 5.56 Å². The van der Waals surface area contributed by atoms with Crippen molar-refractivity contribution < 1.29 is 9.59 Å². The van der Waals surface area contributed by atoms with E-state index in [-0.39, 0.29) is 11.8 Å². The third-order valence-electron chi connectivity index (χ3n) is 5.71. The smallest absolute Gasteiger partial charge is 0.253 e. The van der Waals surface area contributed by atoms with Crippen LogP contribution in [0.25, 0.3) is 21.5 Å². The van der Waals surface area contributed by atoms with E-state index in [9.17, 15) is 9.59 Å². The van der Waals surface area contributed by atoms with Crippen molar-refractivity contribution >= 4 is 33.4 Å². The molecular weight excluding hydrogens is 336 g/mol. The van der Waals surface area contributed by atoms with Crippen molar-refractivity contribution in [3.63, 3.8) is 0 Å². The third kappa shape index (κ3) is 3.39. The second-order valence-electron chi connectivity index (χ2n) is 7.45. The molecule has 138 valence electrons. The zero-order chi connectivity index (χ0) is 18.8. The molecule has 4 nitrogen and oxygen atoms in total. The van der Waals surface area contributed by atoms with Gasteiger partial charge in [-0.25, -0.2) is 0 Å². The van der Waals surface area contributed by atoms with Gasteiger partial charge in [0.1, 0.15) is 6.04 Å². The Morgan fingerprint density at radius 3 is 2.00 bits per heavy atom. The number of primary amides is 1. The van der Waals surface area contributed by atoms with Gasteiger partial charge in [-0.2, -0.15) is 0 Å². The average Bonchev–Trinajstić information content (AvgIpc) is 2.70. The van der Waals surface area contributed by atoms with E-state index in [1.165, 1.54) is 6.42 Å². The number of hydrogen-bond donors (Lipinski definition) is 2. The molecular formula is C23H24N2O2. The van der Waals surface area contributed by atoms with Crippen LogP contribution in [0.4, 0.5) is 0 Å². The minimum atomic E-state index is -0.615. The summed E-state index contributed by atoms with van der Waals surface area (Å²) in [6.45, 7) is 0. The van der Waals surface area contributed by atoms with Gasteiger partial charge in [-0.3, -0.25) is 9.59 Å². The number of carbonyl (C=O) groups excluding carboxylic acids is 2. The lowest BCUT2D eigenvalue weighted by molar-refractivity contribution is -0.121. The Labute approximate surface area is 158 Å². The molecule has 0 unspecified atom stereocenters. The van der Waals surface area contributed by atoms with Gasteiger partial charge in [0.2, 0.25) is 5.91 Å². The number of rotatable bonds is 4. The Bertz CT molecular complexity index is 952. The number of nitrogens with two attached hydrogens (primary N) is 1. The molecule has 1 aliphatic carbocycles. The van der Waals surface area contributed by atoms with Crippen molar-refractivity contribution in [2.75, 3.05) is 0 Å². The fourth-order valence-electron chi connectivity index (χ4n) is 4.36. The van der Waals surface area contributed by atoms with Crippen molar-refractivity contribution in [2.24, 2.45) is 11.7 Å². The van der Waals surface area contributed by atoms with E-state index in [1.54, 1.807) is 0 Å². The van der Waals surface area contributed by atoms with Crippen molar-refractivity contribution in [3.8, 4) is 0 Å². The molecule has 1 atom stereocenters. The van der Waals surface area contributed by atoms with Crippen LogP contribution in [-0.4, -0.2) is 17.9 Å². The van der Waals surface area contributed by atoms with Crippen LogP contribution in [0.2, 0.25) is 0 Å². The topological polar surface area (TPSA) is 72.2 Å². The maximum absolute atomic E-state index is 13.3. The van der Waals surface area contributed by atoms with Crippen LogP contribution in [0, 0.1) is 5.92 Å². The van der Waals surface area contributed by atoms with Crippen LogP contribution in [0.5, 0.6) is 0 Å². The molecule has 0 aromatic heterocycles. The van der Waals surface area contributed by atoms with Crippen LogP contribution in [0.1, 0.15) is 42.5 Å². The fraction of sp³-hybridized carbons (Fsp3) is 0.304. The normalized spacial score (nSPS) is 16.3. The van der Waals surface area contributed by atoms with Gasteiger partial charge in [0.25, 0.3) is 5.91 Å². The number of amides is 2. The maximum Gasteiger partial charge on any atom is 0.253 e. The highest BCUT2D eigenvalue weighted by atomic mass is 16.2. The molecule has 4 rings (SSSR count). The molecule has 1 fully saturated rings. The first-order valence-electron chi connectivity index (χ1n) is 9.66. The standard InChI is InChI=1S/C23H24N2O2/c24-22(26)21(15-8-2-1-3-9-15)25-23(27)20-18-12-6-4-10-16(18)14-17-11-5-7-13-19(17)20/h4-7,10-15,21H,1-3,8-9H2,(H2,24,26)(H,25,27)/t21-/m0/s1. The van der Waals surface area contributed by atoms with E-state index in [0.29, 0.717) is 5.56 Å². The SMILES string of the molecule is NC(=O)[C@@H](NC(=O)c1c2ccccc2cc2ccccc12)C1CCCCC1. The predicted molar refractivity (Wildman–Crippen MR) is 108 cm³/mol. The summed E-state index contributed by atoms with van der Waals surface area (Å²) in [4.78, 5) is 25.4. The van der Waals surface area contributed by atoms with Crippen molar-refractivity contribution in [2.45, 2.75) is 38.1 Å². The molecule has 0 radical (unpaired) electrons. The summed E-state index contributed by atoms with van der Waals surface area (Å²) in [5.74, 6) is -0.543. The number of benzene rings is 3. The molecule has 0 spiro atoms. The summed E-state index contributed by atoms with van der Waals surface area (Å²) in [7, 11) is 0. The molecule has 4 heteroatoms. The summed E-state index contributed by atoms with van der Waals surface area (Å²) in [6, 6.07) is 17.2. The Morgan fingerprint density at radius 1 is 0.889 bits per heavy atom. The van der Waals surface area contributed by atoms with Gasteiger partial charge in [-0.15, -0.1) is 0 Å². The average molecular weight is 360 g/mol. The Morgan fingerprint density at radius 2 is 1.44 bits per heavy atom. The summed E-state index contributed by atoms with van der Waals surface area (Å²) >= 11 is 0. The minimum Gasteiger partial charge on any atom is -0.368 e. The second-order valence-corrected chi connectivity index (χ2v) is 7.45. The first-order valence-corrected chi connectivity index (χ1v) is 9.66. The lowest BCUT2D eigenvalue weighted by atomic mass is 9.83. The molecule has 1 saturated carbocycles. The summed E-state index contributed by atoms with van der Waals surface area (Å²) in [5, 5.41) is 6.77. The zero-order valence-electron chi connectivity index (χ0n) is 15.3. The van der Waals surface area contributed by atoms with Gasteiger partial charge >= 0.3 is 0 Å². The quantitative estimate of drug-likeness (QED) is 0.686. The largest absolute Gasteiger partial charge is 0.368 e. The molecule has 3 N–H and O–H groups in total. The van der Waals surface area contributed by atoms with Crippen LogP contribution >= 0.6 is 0 Å². The molecule has 3 aromatic rings. The lowest BCUT2D eigenvalue weighted by Crippen LogP contribution is -2.49. The Balaban J connectivity index is 1.77. The summed E-state index contributed by atoms with van der Waals surface area (Å²) in [6.07, 6.45) is 5.22. The maximum atomic E-state index is 13.3. The Hall–Kier alpha value is -2.88. The first kappa shape index (κ1) is 17.5. The van der Waals surface area contributed by atoms with Crippen LogP contribution in [0.3, 0.4) is 0 Å². The van der Waals surface area contributed by atoms with E-state index in [4.69, 9.17) is 5.73 Å². The van der Waals surface area contributed by atoms with Crippen molar-refractivity contribution in [3.05, 3.63) is 60.2 Å². The van der Waals surface area contributed by atoms with Crippen molar-refractivity contribution in [1.29, 1.82) is 0 Å². The van der Waals surface area contributed by atoms with Crippen molar-refractivity contribution in [1.82, 2.24) is 5.32 Å². The monoisotopic (exact) mass is 360 g/mol. The van der Waals surface area contributed by atoms with E-state index in [1.807, 2.05) is 48.5 Å². The number of fused-ring (bicyclic) bond motifs is 2. The first-order chi connectivity index (χ1) is 13.1. The molecule has 27 heavy (non-hydrogen) atoms. The van der Waals surface area contributed by atoms with Crippen LogP contribution < -0.4 is 11.1 Å². The highest BCUT2D eigenvalue weighted by molar-refractivity contribution is 6.18. The highest BCUT2D eigenvalue weighted by Crippen LogP contribution is 2.30. The summed E-state index contributed by atoms with van der Waals surface area (Å²) in [5.41, 5.74) is 6.28. The van der Waals surface area contributed by atoms with Gasteiger partial charge in [0, 0.05) is 0 Å². The summed E-state index contributed by atoms with van der Waals surface area (Å²) < 4.78 is 0. The zero-order valence-corrected chi connectivity index (χ0v) is 15.3. The molecule has 0 aliphatic heterocycles. The molecule has 0 bridgehead atoms. The lowest BCUT2D eigenvalue weighted by Gasteiger charge is -2.29. The highest BCUT2D eigenvalue weighted by Gasteiger charge is 2.30. The van der Waals surface area contributed by atoms with E-state index in [0.717, 1.165) is 47.2 Å². The van der Waals surface area contributed by atoms with Gasteiger partial charge in [-0.1, -0.05) is 67.8 Å². The number of nitrogens with one attached hydrogen (secondary N) is 1. The second kappa shape index (κ2) is 7.39. The molecule has 2 amide bonds. The van der Waals surface area contributed by atoms with Gasteiger partial charge < -0.3 is 11.1 Å². The van der Waals surface area contributed by atoms with E-state index in [2.05, 4.69) is 11.4 Å². The molecule has 0 saturated heterocycles. The number of carbonyl (C=O) groups is 2. The number of hydrogen-bond acceptors (Lipinski definition) is 2. The molecule has 0 heterocycles.